The fraction of sp³-hybridized carbons (Fsp3) is 0.207. The van der Waals surface area contributed by atoms with Gasteiger partial charge in [0, 0.05) is 29.9 Å². The zero-order valence-electron chi connectivity index (χ0n) is 20.7. The SMILES string of the molecule is CC1CCN(C(=O)/C(=C/c2cn(-c3ccccc3)nc2-c2cccs2)NC(=O)c2ccc(Cl)cc2Cl)CC1. The van der Waals surface area contributed by atoms with Crippen LogP contribution in [-0.4, -0.2) is 39.6 Å². The van der Waals surface area contributed by atoms with Crippen LogP contribution in [0.25, 0.3) is 22.3 Å². The van der Waals surface area contributed by atoms with Crippen LogP contribution in [0, 0.1) is 5.92 Å². The van der Waals surface area contributed by atoms with Gasteiger partial charge in [-0.15, -0.1) is 11.3 Å². The van der Waals surface area contributed by atoms with Gasteiger partial charge in [-0.3, -0.25) is 9.59 Å². The van der Waals surface area contributed by atoms with Crippen LogP contribution in [0.5, 0.6) is 0 Å². The van der Waals surface area contributed by atoms with E-state index in [1.165, 1.54) is 6.07 Å². The Kier molecular flexibility index (Phi) is 7.98. The molecule has 0 atom stereocenters. The normalized spacial score (nSPS) is 14.5. The zero-order valence-corrected chi connectivity index (χ0v) is 23.1. The number of carbonyl (C=O) groups excluding carboxylic acids is 2. The molecule has 1 fully saturated rings. The topological polar surface area (TPSA) is 67.2 Å². The second-order valence-electron chi connectivity index (χ2n) is 9.30. The van der Waals surface area contributed by atoms with Crippen molar-refractivity contribution in [1.29, 1.82) is 0 Å². The van der Waals surface area contributed by atoms with E-state index in [2.05, 4.69) is 12.2 Å². The molecular formula is C29H26Cl2N4O2S. The van der Waals surface area contributed by atoms with Crippen molar-refractivity contribution in [3.05, 3.63) is 99.1 Å². The molecular weight excluding hydrogens is 539 g/mol. The number of rotatable bonds is 6. The van der Waals surface area contributed by atoms with E-state index in [1.54, 1.807) is 39.1 Å². The van der Waals surface area contributed by atoms with Crippen molar-refractivity contribution < 1.29 is 9.59 Å². The molecule has 0 spiro atoms. The van der Waals surface area contributed by atoms with E-state index in [9.17, 15) is 9.59 Å². The number of nitrogens with zero attached hydrogens (tertiary/aromatic N) is 3. The number of nitrogens with one attached hydrogen (secondary N) is 1. The number of piperidine rings is 1. The summed E-state index contributed by atoms with van der Waals surface area (Å²) in [6, 6.07) is 18.4. The molecule has 0 bridgehead atoms. The predicted octanol–water partition coefficient (Wildman–Crippen LogP) is 6.94. The Bertz CT molecular complexity index is 1470. The number of carbonyl (C=O) groups is 2. The molecule has 0 radical (unpaired) electrons. The number of aromatic nitrogens is 2. The summed E-state index contributed by atoms with van der Waals surface area (Å²) in [6.07, 6.45) is 5.42. The van der Waals surface area contributed by atoms with Crippen LogP contribution >= 0.6 is 34.5 Å². The van der Waals surface area contributed by atoms with Gasteiger partial charge in [0.2, 0.25) is 0 Å². The standard InChI is InChI=1S/C29H26Cl2N4O2S/c1-19-11-13-34(14-12-19)29(37)25(32-28(36)23-10-9-21(30)17-24(23)31)16-20-18-35(22-6-3-2-4-7-22)33-27(20)26-8-5-15-38-26/h2-10,15-19H,11-14H2,1H3,(H,32,36)/b25-16-. The summed E-state index contributed by atoms with van der Waals surface area (Å²) in [4.78, 5) is 29.8. The summed E-state index contributed by atoms with van der Waals surface area (Å²) in [5, 5.41) is 10.3. The molecule has 0 aliphatic carbocycles. The highest BCUT2D eigenvalue weighted by molar-refractivity contribution is 7.13. The quantitative estimate of drug-likeness (QED) is 0.258. The van der Waals surface area contributed by atoms with Crippen LogP contribution in [0.3, 0.4) is 0 Å². The monoisotopic (exact) mass is 564 g/mol. The number of thiophene rings is 1. The minimum atomic E-state index is -0.482. The maximum atomic E-state index is 13.8. The Morgan fingerprint density at radius 1 is 1.05 bits per heavy atom. The van der Waals surface area contributed by atoms with Gasteiger partial charge in [0.15, 0.2) is 0 Å². The van der Waals surface area contributed by atoms with Gasteiger partial charge in [-0.05, 0) is 66.6 Å². The van der Waals surface area contributed by atoms with Gasteiger partial charge < -0.3 is 10.2 Å². The molecule has 3 heterocycles. The summed E-state index contributed by atoms with van der Waals surface area (Å²) < 4.78 is 1.78. The molecule has 6 nitrogen and oxygen atoms in total. The van der Waals surface area contributed by atoms with E-state index in [1.807, 2.05) is 54.0 Å². The first-order chi connectivity index (χ1) is 18.4. The number of hydrogen-bond acceptors (Lipinski definition) is 4. The van der Waals surface area contributed by atoms with Crippen LogP contribution in [0.1, 0.15) is 35.7 Å². The highest BCUT2D eigenvalue weighted by Gasteiger charge is 2.26. The third-order valence-corrected chi connectivity index (χ3v) is 7.97. The van der Waals surface area contributed by atoms with Gasteiger partial charge in [0.25, 0.3) is 11.8 Å². The second kappa shape index (κ2) is 11.6. The number of amides is 2. The van der Waals surface area contributed by atoms with Gasteiger partial charge in [-0.2, -0.15) is 5.10 Å². The third kappa shape index (κ3) is 5.85. The largest absolute Gasteiger partial charge is 0.337 e. The van der Waals surface area contributed by atoms with E-state index in [4.69, 9.17) is 28.3 Å². The fourth-order valence-electron chi connectivity index (χ4n) is 4.36. The molecule has 2 aromatic carbocycles. The predicted molar refractivity (Wildman–Crippen MR) is 154 cm³/mol. The first-order valence-corrected chi connectivity index (χ1v) is 14.0. The van der Waals surface area contributed by atoms with E-state index >= 15 is 0 Å². The fourth-order valence-corrected chi connectivity index (χ4v) is 5.59. The molecule has 1 aliphatic rings. The van der Waals surface area contributed by atoms with Crippen molar-refractivity contribution in [1.82, 2.24) is 20.0 Å². The molecule has 2 amide bonds. The van der Waals surface area contributed by atoms with Crippen molar-refractivity contribution in [2.75, 3.05) is 13.1 Å². The molecule has 5 rings (SSSR count). The maximum absolute atomic E-state index is 13.8. The van der Waals surface area contributed by atoms with E-state index in [0.717, 1.165) is 29.1 Å². The molecule has 1 N–H and O–H groups in total. The minimum Gasteiger partial charge on any atom is -0.337 e. The molecule has 194 valence electrons. The molecule has 9 heteroatoms. The van der Waals surface area contributed by atoms with Crippen molar-refractivity contribution in [2.45, 2.75) is 19.8 Å². The minimum absolute atomic E-state index is 0.168. The molecule has 0 unspecified atom stereocenters. The van der Waals surface area contributed by atoms with Gasteiger partial charge >= 0.3 is 0 Å². The van der Waals surface area contributed by atoms with Crippen LogP contribution in [0.2, 0.25) is 10.0 Å². The molecule has 0 saturated carbocycles. The second-order valence-corrected chi connectivity index (χ2v) is 11.1. The van der Waals surface area contributed by atoms with Gasteiger partial charge in [0.05, 0.1) is 21.2 Å². The average Bonchev–Trinajstić information content (AvgIpc) is 3.59. The van der Waals surface area contributed by atoms with E-state index < -0.39 is 5.91 Å². The molecule has 38 heavy (non-hydrogen) atoms. The smallest absolute Gasteiger partial charge is 0.270 e. The molecule has 1 aliphatic heterocycles. The molecule has 1 saturated heterocycles. The lowest BCUT2D eigenvalue weighted by molar-refractivity contribution is -0.128. The third-order valence-electron chi connectivity index (χ3n) is 6.54. The van der Waals surface area contributed by atoms with Crippen molar-refractivity contribution >= 4 is 52.4 Å². The van der Waals surface area contributed by atoms with E-state index in [0.29, 0.717) is 29.6 Å². The summed E-state index contributed by atoms with van der Waals surface area (Å²) in [5.41, 5.74) is 2.73. The molecule has 4 aromatic rings. The number of para-hydroxylation sites is 1. The van der Waals surface area contributed by atoms with Crippen molar-refractivity contribution in [2.24, 2.45) is 5.92 Å². The highest BCUT2D eigenvalue weighted by Crippen LogP contribution is 2.30. The Morgan fingerprint density at radius 2 is 1.82 bits per heavy atom. The van der Waals surface area contributed by atoms with E-state index in [-0.39, 0.29) is 22.2 Å². The van der Waals surface area contributed by atoms with Crippen LogP contribution < -0.4 is 5.32 Å². The number of halogens is 2. The lowest BCUT2D eigenvalue weighted by Gasteiger charge is -2.31. The summed E-state index contributed by atoms with van der Waals surface area (Å²) in [7, 11) is 0. The van der Waals surface area contributed by atoms with Crippen LogP contribution in [-0.2, 0) is 4.79 Å². The van der Waals surface area contributed by atoms with Gasteiger partial charge in [0.1, 0.15) is 11.4 Å². The Labute approximate surface area is 235 Å². The Morgan fingerprint density at radius 3 is 2.50 bits per heavy atom. The highest BCUT2D eigenvalue weighted by atomic mass is 35.5. The first kappa shape index (κ1) is 26.2. The summed E-state index contributed by atoms with van der Waals surface area (Å²) in [5.74, 6) is -0.159. The maximum Gasteiger partial charge on any atom is 0.270 e. The van der Waals surface area contributed by atoms with Crippen LogP contribution in [0.4, 0.5) is 0 Å². The number of hydrogen-bond donors (Lipinski definition) is 1. The number of benzene rings is 2. The van der Waals surface area contributed by atoms with Crippen LogP contribution in [0.15, 0.2) is 77.9 Å². The lowest BCUT2D eigenvalue weighted by atomic mass is 9.99. The lowest BCUT2D eigenvalue weighted by Crippen LogP contribution is -2.42. The Hall–Kier alpha value is -3.39. The Balaban J connectivity index is 1.57. The first-order valence-electron chi connectivity index (χ1n) is 12.4. The van der Waals surface area contributed by atoms with Crippen molar-refractivity contribution in [3.8, 4) is 16.3 Å². The van der Waals surface area contributed by atoms with Crippen molar-refractivity contribution in [3.63, 3.8) is 0 Å². The van der Waals surface area contributed by atoms with Gasteiger partial charge in [-0.25, -0.2) is 4.68 Å². The average molecular weight is 566 g/mol. The number of likely N-dealkylation sites (tertiary alicyclic amines) is 1. The zero-order chi connectivity index (χ0) is 26.6. The summed E-state index contributed by atoms with van der Waals surface area (Å²) >= 11 is 13.9. The summed E-state index contributed by atoms with van der Waals surface area (Å²) in [6.45, 7) is 3.46. The van der Waals surface area contributed by atoms with Gasteiger partial charge in [-0.1, -0.05) is 54.4 Å². The molecule has 2 aromatic heterocycles.